The van der Waals surface area contributed by atoms with Crippen molar-refractivity contribution < 1.29 is 19.5 Å². The molecule has 0 fully saturated rings. The van der Waals surface area contributed by atoms with Crippen molar-refractivity contribution in [2.24, 2.45) is 0 Å². The van der Waals surface area contributed by atoms with Crippen LogP contribution in [0.1, 0.15) is 0 Å². The Morgan fingerprint density at radius 2 is 1.00 bits per heavy atom. The molecule has 0 amide bonds. The van der Waals surface area contributed by atoms with Crippen LogP contribution in [-0.4, -0.2) is 155 Å². The van der Waals surface area contributed by atoms with Crippen LogP contribution in [0.2, 0.25) is 0 Å². The second kappa shape index (κ2) is 22.6. The second-order valence-electron chi connectivity index (χ2n) is 0. The van der Waals surface area contributed by atoms with Gasteiger partial charge in [-0.05, 0) is 0 Å². The van der Waals surface area contributed by atoms with Crippen LogP contribution in [0.5, 0.6) is 0 Å². The average Bonchev–Trinajstić information content (AvgIpc) is 0. The minimum atomic E-state index is 0. The normalized spacial score (nSPS) is 0. The summed E-state index contributed by atoms with van der Waals surface area (Å²) >= 11 is 0. The van der Waals surface area contributed by atoms with E-state index in [4.69, 9.17) is 0 Å². The molecule has 0 heterocycles. The van der Waals surface area contributed by atoms with E-state index in [1.807, 2.05) is 0 Å². The molecule has 0 aliphatic carbocycles. The first-order valence-electron chi connectivity index (χ1n) is 0. The molecule has 0 atom stereocenters. The Morgan fingerprint density at radius 3 is 1.00 bits per heavy atom. The molecular formula is H8BaCaMgSrZn. The maximum Gasteiger partial charge on any atom is 0 e. The molecule has 0 aliphatic heterocycles. The van der Waals surface area contributed by atoms with Crippen molar-refractivity contribution in [2.75, 3.05) is 0 Å². The summed E-state index contributed by atoms with van der Waals surface area (Å²) in [5, 5.41) is 0. The predicted octanol–water partition coefficient (Wildman–Crippen LogP) is -3.67. The molecule has 0 aromatic rings. The van der Waals surface area contributed by atoms with E-state index in [-0.39, 0.29) is 175 Å². The van der Waals surface area contributed by atoms with Gasteiger partial charge in [0, 0.05) is 19.5 Å². The van der Waals surface area contributed by atoms with E-state index < -0.39 is 0 Å². The molecule has 18 valence electrons. The van der Waals surface area contributed by atoms with Gasteiger partial charge in [0.25, 0.3) is 0 Å². The SMILES string of the molecule is [BaH2].[CaH2].[MgH2].[SrH2].[Zn]. The summed E-state index contributed by atoms with van der Waals surface area (Å²) < 4.78 is 0. The van der Waals surface area contributed by atoms with E-state index in [9.17, 15) is 0 Å². The smallest absolute Gasteiger partial charge is 0 e. The Hall–Kier alpha value is 5.70. The summed E-state index contributed by atoms with van der Waals surface area (Å²) in [7, 11) is 0. The van der Waals surface area contributed by atoms with Gasteiger partial charge in [0.05, 0.1) is 0 Å². The predicted molar refractivity (Wildman–Crippen MR) is 34.2 cm³/mol. The van der Waals surface area contributed by atoms with Gasteiger partial charge in [-0.1, -0.05) is 0 Å². The van der Waals surface area contributed by atoms with Crippen LogP contribution >= 0.6 is 0 Å². The summed E-state index contributed by atoms with van der Waals surface area (Å²) in [4.78, 5) is 0. The molecule has 0 radical (unpaired) electrons. The molecule has 0 saturated carbocycles. The van der Waals surface area contributed by atoms with Crippen molar-refractivity contribution in [3.05, 3.63) is 0 Å². The molecule has 0 aromatic heterocycles. The summed E-state index contributed by atoms with van der Waals surface area (Å²) in [5.74, 6) is 0. The minimum Gasteiger partial charge on any atom is 0 e. The Bertz CT molecular complexity index is 11.6. The van der Waals surface area contributed by atoms with Crippen LogP contribution in [0.3, 0.4) is 0 Å². The van der Waals surface area contributed by atoms with Crippen molar-refractivity contribution in [1.82, 2.24) is 0 Å². The van der Waals surface area contributed by atoms with Crippen LogP contribution in [0.15, 0.2) is 0 Å². The maximum absolute atomic E-state index is 0. The number of rotatable bonds is 0. The van der Waals surface area contributed by atoms with Gasteiger partial charge in [-0.2, -0.15) is 0 Å². The first kappa shape index (κ1) is 31.0. The van der Waals surface area contributed by atoms with Crippen LogP contribution in [-0.2, 0) is 19.5 Å². The Balaban J connectivity index is 0. The van der Waals surface area contributed by atoms with Gasteiger partial charge >= 0.3 is 155 Å². The van der Waals surface area contributed by atoms with Crippen molar-refractivity contribution in [3.8, 4) is 0 Å². The fourth-order valence-electron chi connectivity index (χ4n) is 0. The quantitative estimate of drug-likeness (QED) is 0.390. The van der Waals surface area contributed by atoms with Crippen LogP contribution in [0.4, 0.5) is 0 Å². The van der Waals surface area contributed by atoms with E-state index in [0.717, 1.165) is 0 Å². The number of hydrogen-bond acceptors (Lipinski definition) is 0. The van der Waals surface area contributed by atoms with Crippen LogP contribution in [0, 0.1) is 0 Å². The molecule has 0 N–H and O–H groups in total. The van der Waals surface area contributed by atoms with Crippen molar-refractivity contribution in [1.29, 1.82) is 0 Å². The van der Waals surface area contributed by atoms with Crippen LogP contribution in [0.25, 0.3) is 0 Å². The Morgan fingerprint density at radius 1 is 1.00 bits per heavy atom. The van der Waals surface area contributed by atoms with Gasteiger partial charge in [-0.15, -0.1) is 0 Å². The van der Waals surface area contributed by atoms with Gasteiger partial charge in [0.1, 0.15) is 0 Å². The van der Waals surface area contributed by atoms with Crippen molar-refractivity contribution >= 4 is 155 Å². The molecule has 0 rings (SSSR count). The standard InChI is InChI=1S/Ba.Ca.Mg.Sr.Zn.8H. The molecule has 0 unspecified atom stereocenters. The summed E-state index contributed by atoms with van der Waals surface area (Å²) in [5.41, 5.74) is 0. The minimum absolute atomic E-state index is 0. The van der Waals surface area contributed by atoms with Gasteiger partial charge in [0.2, 0.25) is 0 Å². The summed E-state index contributed by atoms with van der Waals surface area (Å²) in [6, 6.07) is 0. The van der Waals surface area contributed by atoms with Gasteiger partial charge in [0.15, 0.2) is 0 Å². The summed E-state index contributed by atoms with van der Waals surface area (Å²) in [6.45, 7) is 0. The van der Waals surface area contributed by atoms with Gasteiger partial charge in [-0.3, -0.25) is 0 Å². The first-order valence-corrected chi connectivity index (χ1v) is 0. The topological polar surface area (TPSA) is 0 Å². The monoisotopic (exact) mass is 362 g/mol. The number of hydrogen-bond donors (Lipinski definition) is 0. The van der Waals surface area contributed by atoms with E-state index in [1.165, 1.54) is 0 Å². The zero-order valence-electron chi connectivity index (χ0n) is 0.707. The third kappa shape index (κ3) is 17.7. The molecular weight excluding hydrogens is 355 g/mol. The largest absolute Gasteiger partial charge is 0 e. The summed E-state index contributed by atoms with van der Waals surface area (Å²) in [6.07, 6.45) is 0. The third-order valence-electron chi connectivity index (χ3n) is 0. The molecule has 0 saturated heterocycles. The fraction of sp³-hybridized carbons (Fsp3) is 0. The second-order valence-corrected chi connectivity index (χ2v) is 0. The van der Waals surface area contributed by atoms with Crippen LogP contribution < -0.4 is 0 Å². The molecule has 5 heavy (non-hydrogen) atoms. The Labute approximate surface area is 169 Å². The average molecular weight is 363 g/mol. The van der Waals surface area contributed by atoms with E-state index in [2.05, 4.69) is 0 Å². The van der Waals surface area contributed by atoms with E-state index in [0.29, 0.717) is 0 Å². The van der Waals surface area contributed by atoms with Gasteiger partial charge < -0.3 is 0 Å². The zero-order chi connectivity index (χ0) is 0. The maximum atomic E-state index is 0. The molecule has 0 spiro atoms. The first-order chi connectivity index (χ1) is 0. The molecule has 0 aromatic carbocycles. The Kier molecular flexibility index (Phi) is 140. The molecule has 0 nitrogen and oxygen atoms in total. The molecule has 5 heteroatoms. The van der Waals surface area contributed by atoms with Crippen molar-refractivity contribution in [3.63, 3.8) is 0 Å². The fourth-order valence-corrected chi connectivity index (χ4v) is 0. The van der Waals surface area contributed by atoms with E-state index in [1.54, 1.807) is 0 Å². The van der Waals surface area contributed by atoms with E-state index >= 15 is 0 Å². The van der Waals surface area contributed by atoms with Crippen molar-refractivity contribution in [2.45, 2.75) is 0 Å². The zero-order valence-corrected chi connectivity index (χ0v) is 3.67. The third-order valence-corrected chi connectivity index (χ3v) is 0. The van der Waals surface area contributed by atoms with Gasteiger partial charge in [-0.25, -0.2) is 0 Å². The molecule has 0 bridgehead atoms. The molecule has 0 aliphatic rings.